The van der Waals surface area contributed by atoms with Crippen molar-refractivity contribution in [3.63, 3.8) is 0 Å². The molecule has 172 valence electrons. The average molecular weight is 449 g/mol. The van der Waals surface area contributed by atoms with Crippen LogP contribution in [0.5, 0.6) is 11.5 Å². The van der Waals surface area contributed by atoms with Gasteiger partial charge in [-0.05, 0) is 24.6 Å². The number of alkyl halides is 2. The zero-order valence-corrected chi connectivity index (χ0v) is 17.9. The maximum absolute atomic E-state index is 13.1. The van der Waals surface area contributed by atoms with Crippen LogP contribution in [-0.4, -0.2) is 54.9 Å². The molecule has 1 N–H and O–H groups in total. The lowest BCUT2D eigenvalue weighted by atomic mass is 10.1. The lowest BCUT2D eigenvalue weighted by Crippen LogP contribution is -2.50. The van der Waals surface area contributed by atoms with Crippen LogP contribution in [0.15, 0.2) is 54.6 Å². The predicted molar refractivity (Wildman–Crippen MR) is 113 cm³/mol. The first-order valence-corrected chi connectivity index (χ1v) is 9.68. The van der Waals surface area contributed by atoms with E-state index in [0.29, 0.717) is 5.56 Å². The normalized spacial score (nSPS) is 13.0. The Hall–Kier alpha value is -3.46. The molecule has 2 aromatic rings. The molecule has 0 aliphatic rings. The van der Waals surface area contributed by atoms with E-state index >= 15 is 0 Å². The third-order valence-electron chi connectivity index (χ3n) is 4.56. The van der Waals surface area contributed by atoms with Gasteiger partial charge in [-0.3, -0.25) is 4.79 Å². The minimum Gasteiger partial charge on any atom is -0.493 e. The average Bonchev–Trinajstić information content (AvgIpc) is 2.77. The summed E-state index contributed by atoms with van der Waals surface area (Å²) >= 11 is 0. The Kier molecular flexibility index (Phi) is 9.15. The Morgan fingerprint density at radius 1 is 1.09 bits per heavy atom. The summed E-state index contributed by atoms with van der Waals surface area (Å²) in [6.07, 6.45) is 1.16. The molecule has 0 unspecified atom stereocenters. The zero-order chi connectivity index (χ0) is 23.7. The van der Waals surface area contributed by atoms with E-state index in [1.165, 1.54) is 32.2 Å². The van der Waals surface area contributed by atoms with Gasteiger partial charge in [0.05, 0.1) is 20.3 Å². The van der Waals surface area contributed by atoms with Crippen molar-refractivity contribution in [1.29, 1.82) is 0 Å². The number of ether oxygens (including phenoxy) is 3. The van der Waals surface area contributed by atoms with E-state index < -0.39 is 30.6 Å². The van der Waals surface area contributed by atoms with Crippen LogP contribution < -0.4 is 9.47 Å². The minimum atomic E-state index is -3.09. The molecule has 1 amide bonds. The minimum absolute atomic E-state index is 0.00713. The van der Waals surface area contributed by atoms with E-state index in [-0.39, 0.29) is 23.6 Å². The molecule has 9 heteroatoms. The summed E-state index contributed by atoms with van der Waals surface area (Å²) in [5.41, 5.74) is 0.885. The molecule has 0 saturated heterocycles. The molecule has 2 aromatic carbocycles. The van der Waals surface area contributed by atoms with Gasteiger partial charge in [0.2, 0.25) is 5.91 Å². The van der Waals surface area contributed by atoms with Crippen LogP contribution >= 0.6 is 0 Å². The van der Waals surface area contributed by atoms with Crippen molar-refractivity contribution in [3.05, 3.63) is 65.7 Å². The third-order valence-corrected chi connectivity index (χ3v) is 4.56. The number of carbonyl (C=O) groups is 2. The first kappa shape index (κ1) is 24.8. The van der Waals surface area contributed by atoms with E-state index in [1.54, 1.807) is 36.4 Å². The van der Waals surface area contributed by atoms with E-state index in [9.17, 15) is 23.5 Å². The summed E-state index contributed by atoms with van der Waals surface area (Å²) in [6.45, 7) is -1.72. The molecule has 0 spiro atoms. The van der Waals surface area contributed by atoms with Gasteiger partial charge in [-0.15, -0.1) is 0 Å². The summed E-state index contributed by atoms with van der Waals surface area (Å²) in [5, 5.41) is 10.2. The van der Waals surface area contributed by atoms with Gasteiger partial charge in [0.15, 0.2) is 17.5 Å². The molecule has 0 aliphatic heterocycles. The van der Waals surface area contributed by atoms with E-state index in [1.807, 2.05) is 0 Å². The molecule has 0 radical (unpaired) electrons. The summed E-state index contributed by atoms with van der Waals surface area (Å²) in [4.78, 5) is 26.5. The summed E-state index contributed by atoms with van der Waals surface area (Å²) in [7, 11) is 2.46. The molecule has 0 aromatic heterocycles. The molecule has 0 fully saturated rings. The standard InChI is InChI=1S/C23H25F2NO6/c1-15(27)20(22(29)31-3)26(14-16-8-5-4-6-9-16)19(28)13-12-17-10-7-11-18(30-2)21(17)32-23(24)25/h4-13,15,20,23,27H,14H2,1-3H3/b13-12+/t15-,20+/m1/s1. The number of hydrogen-bond donors (Lipinski definition) is 1. The van der Waals surface area contributed by atoms with Crippen LogP contribution in [0.1, 0.15) is 18.1 Å². The van der Waals surface area contributed by atoms with Crippen LogP contribution in [0.3, 0.4) is 0 Å². The molecule has 2 atom stereocenters. The topological polar surface area (TPSA) is 85.3 Å². The quantitative estimate of drug-likeness (QED) is 0.443. The van der Waals surface area contributed by atoms with Crippen molar-refractivity contribution in [2.24, 2.45) is 0 Å². The lowest BCUT2D eigenvalue weighted by Gasteiger charge is -2.31. The SMILES string of the molecule is COC(=O)[C@H]([C@@H](C)O)N(Cc1ccccc1)C(=O)/C=C/c1cccc(OC)c1OC(F)F. The summed E-state index contributed by atoms with van der Waals surface area (Å²) in [5.74, 6) is -1.60. The van der Waals surface area contributed by atoms with Gasteiger partial charge in [-0.1, -0.05) is 42.5 Å². The Bertz CT molecular complexity index is 933. The second kappa shape index (κ2) is 11.8. The summed E-state index contributed by atoms with van der Waals surface area (Å²) < 4.78 is 40.1. The Labute approximate surface area is 184 Å². The molecule has 0 heterocycles. The molecule has 0 bridgehead atoms. The molecular weight excluding hydrogens is 424 g/mol. The van der Waals surface area contributed by atoms with Gasteiger partial charge in [0, 0.05) is 18.2 Å². The van der Waals surface area contributed by atoms with Crippen molar-refractivity contribution in [2.45, 2.75) is 32.2 Å². The molecule has 0 saturated carbocycles. The van der Waals surface area contributed by atoms with Gasteiger partial charge in [-0.2, -0.15) is 8.78 Å². The Balaban J connectivity index is 2.41. The zero-order valence-electron chi connectivity index (χ0n) is 17.9. The number of rotatable bonds is 10. The smallest absolute Gasteiger partial charge is 0.387 e. The monoisotopic (exact) mass is 449 g/mol. The second-order valence-corrected chi connectivity index (χ2v) is 6.75. The van der Waals surface area contributed by atoms with E-state index in [4.69, 9.17) is 9.47 Å². The highest BCUT2D eigenvalue weighted by atomic mass is 19.3. The van der Waals surface area contributed by atoms with Gasteiger partial charge in [-0.25, -0.2) is 4.79 Å². The molecule has 7 nitrogen and oxygen atoms in total. The van der Waals surface area contributed by atoms with Gasteiger partial charge >= 0.3 is 12.6 Å². The van der Waals surface area contributed by atoms with Crippen molar-refractivity contribution < 1.29 is 37.7 Å². The highest BCUT2D eigenvalue weighted by Crippen LogP contribution is 2.33. The molecule has 0 aliphatic carbocycles. The number of aliphatic hydroxyl groups excluding tert-OH is 1. The van der Waals surface area contributed by atoms with Crippen molar-refractivity contribution in [2.75, 3.05) is 14.2 Å². The lowest BCUT2D eigenvalue weighted by molar-refractivity contribution is -0.156. The van der Waals surface area contributed by atoms with Gasteiger partial charge < -0.3 is 24.2 Å². The number of halogens is 2. The molecule has 32 heavy (non-hydrogen) atoms. The van der Waals surface area contributed by atoms with Crippen LogP contribution in [0.2, 0.25) is 0 Å². The summed E-state index contributed by atoms with van der Waals surface area (Å²) in [6, 6.07) is 12.1. The van der Waals surface area contributed by atoms with Crippen molar-refractivity contribution >= 4 is 18.0 Å². The van der Waals surface area contributed by atoms with Crippen LogP contribution in [0.25, 0.3) is 6.08 Å². The van der Waals surface area contributed by atoms with E-state index in [2.05, 4.69) is 4.74 Å². The van der Waals surface area contributed by atoms with Crippen LogP contribution in [-0.2, 0) is 20.9 Å². The maximum atomic E-state index is 13.1. The van der Waals surface area contributed by atoms with Crippen LogP contribution in [0, 0.1) is 0 Å². The Morgan fingerprint density at radius 3 is 2.34 bits per heavy atom. The highest BCUT2D eigenvalue weighted by molar-refractivity contribution is 5.95. The fourth-order valence-corrected chi connectivity index (χ4v) is 3.10. The van der Waals surface area contributed by atoms with Gasteiger partial charge in [0.1, 0.15) is 0 Å². The highest BCUT2D eigenvalue weighted by Gasteiger charge is 2.34. The van der Waals surface area contributed by atoms with Gasteiger partial charge in [0.25, 0.3) is 0 Å². The second-order valence-electron chi connectivity index (χ2n) is 6.75. The number of hydrogen-bond acceptors (Lipinski definition) is 6. The predicted octanol–water partition coefficient (Wildman–Crippen LogP) is 3.26. The molecule has 2 rings (SSSR count). The van der Waals surface area contributed by atoms with E-state index in [0.717, 1.165) is 18.1 Å². The number of nitrogens with zero attached hydrogens (tertiary/aromatic N) is 1. The van der Waals surface area contributed by atoms with Crippen molar-refractivity contribution in [1.82, 2.24) is 4.90 Å². The number of para-hydroxylation sites is 1. The fraction of sp³-hybridized carbons (Fsp3) is 0.304. The number of amides is 1. The fourth-order valence-electron chi connectivity index (χ4n) is 3.10. The Morgan fingerprint density at radius 2 is 1.78 bits per heavy atom. The third kappa shape index (κ3) is 6.52. The van der Waals surface area contributed by atoms with Crippen molar-refractivity contribution in [3.8, 4) is 11.5 Å². The number of carbonyl (C=O) groups excluding carboxylic acids is 2. The largest absolute Gasteiger partial charge is 0.493 e. The number of methoxy groups -OCH3 is 2. The first-order chi connectivity index (χ1) is 15.3. The number of benzene rings is 2. The number of aliphatic hydroxyl groups is 1. The maximum Gasteiger partial charge on any atom is 0.387 e. The number of esters is 1. The molecular formula is C23H25F2NO6. The van der Waals surface area contributed by atoms with Crippen LogP contribution in [0.4, 0.5) is 8.78 Å². The first-order valence-electron chi connectivity index (χ1n) is 9.68.